The predicted molar refractivity (Wildman–Crippen MR) is 92.8 cm³/mol. The lowest BCUT2D eigenvalue weighted by Crippen LogP contribution is -2.49. The number of aromatic nitrogens is 1. The van der Waals surface area contributed by atoms with Crippen molar-refractivity contribution in [3.63, 3.8) is 0 Å². The number of fused-ring (bicyclic) bond motifs is 1. The zero-order valence-electron chi connectivity index (χ0n) is 13.8. The number of amides is 3. The van der Waals surface area contributed by atoms with Crippen LogP contribution in [0.3, 0.4) is 0 Å². The molecule has 2 aliphatic rings. The average molecular weight is 344 g/mol. The van der Waals surface area contributed by atoms with Gasteiger partial charge in [0.1, 0.15) is 10.5 Å². The molecule has 1 unspecified atom stereocenters. The summed E-state index contributed by atoms with van der Waals surface area (Å²) in [5.74, 6) is -0.0886. The second-order valence-corrected chi connectivity index (χ2v) is 7.93. The molecule has 3 heterocycles. The van der Waals surface area contributed by atoms with Gasteiger partial charge < -0.3 is 5.32 Å². The molecule has 7 heteroatoms. The Morgan fingerprint density at radius 3 is 2.83 bits per heavy atom. The topological polar surface area (TPSA) is 65.5 Å². The summed E-state index contributed by atoms with van der Waals surface area (Å²) in [5.41, 5.74) is 0.264. The SMILES string of the molecule is CC(C)N1C(=O)NC2(CCN(Cc3nc4ccccc4s3)C2)C1=O. The van der Waals surface area contributed by atoms with Crippen LogP contribution in [0, 0.1) is 0 Å². The number of imide groups is 1. The van der Waals surface area contributed by atoms with Gasteiger partial charge in [-0.1, -0.05) is 12.1 Å². The highest BCUT2D eigenvalue weighted by Crippen LogP contribution is 2.31. The third kappa shape index (κ3) is 2.39. The zero-order chi connectivity index (χ0) is 16.9. The van der Waals surface area contributed by atoms with Crippen LogP contribution in [0.25, 0.3) is 10.2 Å². The summed E-state index contributed by atoms with van der Waals surface area (Å²) in [6.07, 6.45) is 0.658. The second kappa shape index (κ2) is 5.53. The lowest BCUT2D eigenvalue weighted by atomic mass is 9.99. The summed E-state index contributed by atoms with van der Waals surface area (Å²) in [4.78, 5) is 33.1. The van der Waals surface area contributed by atoms with Gasteiger partial charge in [0.2, 0.25) is 0 Å². The fourth-order valence-electron chi connectivity index (χ4n) is 3.59. The van der Waals surface area contributed by atoms with Gasteiger partial charge in [-0.05, 0) is 32.4 Å². The number of carbonyl (C=O) groups excluding carboxylic acids is 2. The van der Waals surface area contributed by atoms with Crippen molar-refractivity contribution in [1.82, 2.24) is 20.1 Å². The number of rotatable bonds is 3. The van der Waals surface area contributed by atoms with E-state index in [-0.39, 0.29) is 18.0 Å². The Balaban J connectivity index is 1.50. The number of para-hydroxylation sites is 1. The van der Waals surface area contributed by atoms with Crippen LogP contribution in [0.4, 0.5) is 4.79 Å². The quantitative estimate of drug-likeness (QED) is 0.867. The number of hydrogen-bond donors (Lipinski definition) is 1. The Hall–Kier alpha value is -1.99. The molecule has 0 aliphatic carbocycles. The van der Waals surface area contributed by atoms with Crippen molar-refractivity contribution in [2.45, 2.75) is 38.4 Å². The average Bonchev–Trinajstić information content (AvgIpc) is 3.17. The maximum atomic E-state index is 12.7. The fourth-order valence-corrected chi connectivity index (χ4v) is 4.60. The molecule has 3 amide bonds. The standard InChI is InChI=1S/C17H20N4O2S/c1-11(2)21-15(22)17(19-16(21)23)7-8-20(10-17)9-14-18-12-5-3-4-6-13(12)24-14/h3-6,11H,7-10H2,1-2H3,(H,19,23). The number of hydrogen-bond acceptors (Lipinski definition) is 5. The van der Waals surface area contributed by atoms with Crippen molar-refractivity contribution < 1.29 is 9.59 Å². The van der Waals surface area contributed by atoms with Crippen LogP contribution in [0.5, 0.6) is 0 Å². The highest BCUT2D eigenvalue weighted by molar-refractivity contribution is 7.18. The largest absolute Gasteiger partial charge is 0.325 e. The first-order valence-electron chi connectivity index (χ1n) is 8.21. The molecule has 1 atom stereocenters. The number of urea groups is 1. The molecule has 1 spiro atoms. The molecule has 126 valence electrons. The van der Waals surface area contributed by atoms with E-state index in [1.165, 1.54) is 9.60 Å². The van der Waals surface area contributed by atoms with Crippen molar-refractivity contribution in [1.29, 1.82) is 0 Å². The van der Waals surface area contributed by atoms with Crippen LogP contribution >= 0.6 is 11.3 Å². The summed E-state index contributed by atoms with van der Waals surface area (Å²) in [6.45, 7) is 5.78. The lowest BCUT2D eigenvalue weighted by Gasteiger charge is -2.22. The fraction of sp³-hybridized carbons (Fsp3) is 0.471. The molecule has 0 bridgehead atoms. The van der Waals surface area contributed by atoms with Crippen molar-refractivity contribution >= 4 is 33.5 Å². The number of benzene rings is 1. The van der Waals surface area contributed by atoms with E-state index in [0.29, 0.717) is 19.5 Å². The molecular weight excluding hydrogens is 324 g/mol. The smallest absolute Gasteiger partial charge is 0.322 e. The minimum atomic E-state index is -0.752. The molecule has 0 radical (unpaired) electrons. The summed E-state index contributed by atoms with van der Waals surface area (Å²) >= 11 is 1.69. The van der Waals surface area contributed by atoms with Crippen LogP contribution in [-0.4, -0.2) is 51.4 Å². The van der Waals surface area contributed by atoms with E-state index in [1.807, 2.05) is 32.0 Å². The predicted octanol–water partition coefficient (Wildman–Crippen LogP) is 2.20. The van der Waals surface area contributed by atoms with E-state index in [0.717, 1.165) is 17.1 Å². The van der Waals surface area contributed by atoms with Crippen molar-refractivity contribution in [3.05, 3.63) is 29.3 Å². The Bertz CT molecular complexity index is 785. The normalized spacial score (nSPS) is 24.7. The lowest BCUT2D eigenvalue weighted by molar-refractivity contribution is -0.132. The van der Waals surface area contributed by atoms with Gasteiger partial charge in [0.15, 0.2) is 0 Å². The van der Waals surface area contributed by atoms with Gasteiger partial charge in [0.25, 0.3) is 5.91 Å². The molecule has 0 saturated carbocycles. The van der Waals surface area contributed by atoms with Gasteiger partial charge in [-0.2, -0.15) is 0 Å². The van der Waals surface area contributed by atoms with Crippen LogP contribution in [-0.2, 0) is 11.3 Å². The molecule has 1 aromatic carbocycles. The van der Waals surface area contributed by atoms with Gasteiger partial charge in [0, 0.05) is 19.1 Å². The molecule has 4 rings (SSSR count). The third-order valence-corrected chi connectivity index (χ3v) is 5.78. The molecule has 2 aliphatic heterocycles. The van der Waals surface area contributed by atoms with Gasteiger partial charge in [-0.15, -0.1) is 11.3 Å². The molecule has 6 nitrogen and oxygen atoms in total. The van der Waals surface area contributed by atoms with Crippen molar-refractivity contribution in [2.75, 3.05) is 13.1 Å². The van der Waals surface area contributed by atoms with E-state index < -0.39 is 5.54 Å². The Morgan fingerprint density at radius 2 is 2.12 bits per heavy atom. The van der Waals surface area contributed by atoms with E-state index >= 15 is 0 Å². The first kappa shape index (κ1) is 15.5. The van der Waals surface area contributed by atoms with Crippen LogP contribution in [0.1, 0.15) is 25.3 Å². The zero-order valence-corrected chi connectivity index (χ0v) is 14.6. The molecule has 1 N–H and O–H groups in total. The number of nitrogens with one attached hydrogen (secondary N) is 1. The number of nitrogens with zero attached hydrogens (tertiary/aromatic N) is 3. The van der Waals surface area contributed by atoms with Crippen LogP contribution < -0.4 is 5.32 Å². The van der Waals surface area contributed by atoms with Crippen molar-refractivity contribution in [3.8, 4) is 0 Å². The first-order valence-corrected chi connectivity index (χ1v) is 9.03. The summed E-state index contributed by atoms with van der Waals surface area (Å²) < 4.78 is 1.18. The summed E-state index contributed by atoms with van der Waals surface area (Å²) in [6, 6.07) is 7.71. The molecule has 2 fully saturated rings. The number of thiazole rings is 1. The highest BCUT2D eigenvalue weighted by atomic mass is 32.1. The van der Waals surface area contributed by atoms with Crippen LogP contribution in [0.2, 0.25) is 0 Å². The van der Waals surface area contributed by atoms with Gasteiger partial charge >= 0.3 is 6.03 Å². The summed E-state index contributed by atoms with van der Waals surface area (Å²) in [7, 11) is 0. The van der Waals surface area contributed by atoms with E-state index in [2.05, 4.69) is 21.3 Å². The maximum Gasteiger partial charge on any atom is 0.325 e. The number of likely N-dealkylation sites (tertiary alicyclic amines) is 1. The first-order chi connectivity index (χ1) is 11.5. The van der Waals surface area contributed by atoms with Crippen molar-refractivity contribution in [2.24, 2.45) is 0 Å². The second-order valence-electron chi connectivity index (χ2n) is 6.82. The molecule has 24 heavy (non-hydrogen) atoms. The van der Waals surface area contributed by atoms with E-state index in [4.69, 9.17) is 0 Å². The van der Waals surface area contributed by atoms with E-state index in [1.54, 1.807) is 11.3 Å². The number of carbonyl (C=O) groups is 2. The summed E-state index contributed by atoms with van der Waals surface area (Å²) in [5, 5.41) is 3.98. The highest BCUT2D eigenvalue weighted by Gasteiger charge is 2.55. The minimum Gasteiger partial charge on any atom is -0.322 e. The van der Waals surface area contributed by atoms with Gasteiger partial charge in [-0.25, -0.2) is 9.78 Å². The third-order valence-electron chi connectivity index (χ3n) is 4.75. The van der Waals surface area contributed by atoms with Gasteiger partial charge in [-0.3, -0.25) is 14.6 Å². The van der Waals surface area contributed by atoms with E-state index in [9.17, 15) is 9.59 Å². The molecular formula is C17H20N4O2S. The monoisotopic (exact) mass is 344 g/mol. The molecule has 2 aromatic rings. The molecule has 2 saturated heterocycles. The Morgan fingerprint density at radius 1 is 1.33 bits per heavy atom. The minimum absolute atomic E-state index is 0.0886. The maximum absolute atomic E-state index is 12.7. The molecule has 1 aromatic heterocycles. The van der Waals surface area contributed by atoms with Gasteiger partial charge in [0.05, 0.1) is 16.8 Å². The van der Waals surface area contributed by atoms with Crippen LogP contribution in [0.15, 0.2) is 24.3 Å². The Labute approximate surface area is 144 Å². The Kier molecular flexibility index (Phi) is 3.58.